The van der Waals surface area contributed by atoms with E-state index in [1.54, 1.807) is 11.0 Å². The van der Waals surface area contributed by atoms with Crippen LogP contribution in [0.25, 0.3) is 0 Å². The summed E-state index contributed by atoms with van der Waals surface area (Å²) in [6.07, 6.45) is 0. The van der Waals surface area contributed by atoms with Crippen LogP contribution in [0.5, 0.6) is 0 Å². The second kappa shape index (κ2) is 6.36. The smallest absolute Gasteiger partial charge is 0.256 e. The van der Waals surface area contributed by atoms with Crippen LogP contribution in [0.2, 0.25) is 0 Å². The molecular formula is C12H12BrIN2O. The molecule has 3 nitrogen and oxygen atoms in total. The first-order valence-electron chi connectivity index (χ1n) is 5.10. The van der Waals surface area contributed by atoms with Gasteiger partial charge in [-0.1, -0.05) is 15.9 Å². The van der Waals surface area contributed by atoms with Crippen molar-refractivity contribution in [3.63, 3.8) is 0 Å². The van der Waals surface area contributed by atoms with E-state index in [0.717, 1.165) is 8.04 Å². The number of carbonyl (C=O) groups excluding carboxylic acids is 1. The van der Waals surface area contributed by atoms with Crippen LogP contribution in [0, 0.1) is 14.9 Å². The summed E-state index contributed by atoms with van der Waals surface area (Å²) in [7, 11) is 0. The van der Waals surface area contributed by atoms with Crippen molar-refractivity contribution in [2.45, 2.75) is 19.9 Å². The number of nitrogens with zero attached hydrogens (tertiary/aromatic N) is 2. The van der Waals surface area contributed by atoms with Crippen LogP contribution >= 0.6 is 38.5 Å². The highest BCUT2D eigenvalue weighted by molar-refractivity contribution is 14.1. The van der Waals surface area contributed by atoms with Crippen LogP contribution in [-0.2, 0) is 0 Å². The van der Waals surface area contributed by atoms with Gasteiger partial charge < -0.3 is 4.90 Å². The first-order valence-corrected chi connectivity index (χ1v) is 6.97. The maximum absolute atomic E-state index is 12.3. The van der Waals surface area contributed by atoms with E-state index >= 15 is 0 Å². The topological polar surface area (TPSA) is 44.1 Å². The Morgan fingerprint density at radius 3 is 2.76 bits per heavy atom. The van der Waals surface area contributed by atoms with Gasteiger partial charge >= 0.3 is 0 Å². The van der Waals surface area contributed by atoms with E-state index in [0.29, 0.717) is 5.56 Å². The van der Waals surface area contributed by atoms with Gasteiger partial charge in [-0.05, 0) is 54.6 Å². The Kier molecular flexibility index (Phi) is 5.40. The third-order valence-electron chi connectivity index (χ3n) is 2.28. The summed E-state index contributed by atoms with van der Waals surface area (Å²) in [5.41, 5.74) is 0.629. The quantitative estimate of drug-likeness (QED) is 0.570. The molecule has 90 valence electrons. The van der Waals surface area contributed by atoms with E-state index in [1.165, 1.54) is 0 Å². The summed E-state index contributed by atoms with van der Waals surface area (Å²) in [5.74, 6) is -0.104. The van der Waals surface area contributed by atoms with E-state index in [2.05, 4.69) is 38.5 Å². The van der Waals surface area contributed by atoms with Gasteiger partial charge in [-0.3, -0.25) is 4.79 Å². The second-order valence-corrected chi connectivity index (χ2v) is 5.89. The van der Waals surface area contributed by atoms with Crippen LogP contribution in [0.1, 0.15) is 24.2 Å². The van der Waals surface area contributed by atoms with Crippen molar-refractivity contribution in [1.29, 1.82) is 5.26 Å². The van der Waals surface area contributed by atoms with E-state index < -0.39 is 0 Å². The van der Waals surface area contributed by atoms with Gasteiger partial charge in [0.1, 0.15) is 6.54 Å². The molecule has 1 aromatic carbocycles. The second-order valence-electron chi connectivity index (χ2n) is 3.81. The molecule has 0 N–H and O–H groups in total. The van der Waals surface area contributed by atoms with Gasteiger partial charge in [0.2, 0.25) is 0 Å². The predicted octanol–water partition coefficient (Wildman–Crippen LogP) is 3.43. The summed E-state index contributed by atoms with van der Waals surface area (Å²) >= 11 is 5.48. The molecule has 0 unspecified atom stereocenters. The summed E-state index contributed by atoms with van der Waals surface area (Å²) in [5, 5.41) is 8.75. The fourth-order valence-electron chi connectivity index (χ4n) is 1.38. The van der Waals surface area contributed by atoms with Crippen LogP contribution < -0.4 is 0 Å². The molecule has 0 heterocycles. The Balaban J connectivity index is 3.10. The van der Waals surface area contributed by atoms with Crippen LogP contribution in [0.15, 0.2) is 22.7 Å². The number of amides is 1. The first kappa shape index (κ1) is 14.5. The highest BCUT2D eigenvalue weighted by Gasteiger charge is 2.20. The highest BCUT2D eigenvalue weighted by atomic mass is 127. The molecule has 0 aliphatic rings. The summed E-state index contributed by atoms with van der Waals surface area (Å²) < 4.78 is 1.75. The van der Waals surface area contributed by atoms with Gasteiger partial charge in [0.25, 0.3) is 5.91 Å². The number of hydrogen-bond acceptors (Lipinski definition) is 2. The van der Waals surface area contributed by atoms with Crippen molar-refractivity contribution < 1.29 is 4.79 Å². The van der Waals surface area contributed by atoms with Gasteiger partial charge in [0.15, 0.2) is 0 Å². The molecular weight excluding hydrogens is 395 g/mol. The zero-order valence-corrected chi connectivity index (χ0v) is 13.3. The lowest BCUT2D eigenvalue weighted by Gasteiger charge is -2.24. The molecule has 1 aromatic rings. The molecule has 1 rings (SSSR count). The summed E-state index contributed by atoms with van der Waals surface area (Å²) in [6.45, 7) is 3.92. The van der Waals surface area contributed by atoms with Gasteiger partial charge in [-0.2, -0.15) is 5.26 Å². The van der Waals surface area contributed by atoms with Crippen molar-refractivity contribution in [2.24, 2.45) is 0 Å². The molecule has 0 aliphatic carbocycles. The zero-order valence-electron chi connectivity index (χ0n) is 9.58. The SMILES string of the molecule is CC(C)N(CC#N)C(=O)c1cc(Br)ccc1I. The van der Waals surface area contributed by atoms with Gasteiger partial charge in [0, 0.05) is 14.1 Å². The minimum absolute atomic E-state index is 0.0110. The molecule has 0 bridgehead atoms. The molecule has 0 atom stereocenters. The van der Waals surface area contributed by atoms with Crippen molar-refractivity contribution in [3.8, 4) is 6.07 Å². The first-order chi connectivity index (χ1) is 7.97. The minimum atomic E-state index is -0.104. The van der Waals surface area contributed by atoms with Crippen molar-refractivity contribution in [2.75, 3.05) is 6.54 Å². The zero-order chi connectivity index (χ0) is 13.0. The lowest BCUT2D eigenvalue weighted by Crippen LogP contribution is -2.37. The maximum atomic E-state index is 12.3. The van der Waals surface area contributed by atoms with Crippen LogP contribution in [0.3, 0.4) is 0 Å². The molecule has 0 spiro atoms. The summed E-state index contributed by atoms with van der Waals surface area (Å²) in [4.78, 5) is 13.9. The molecule has 5 heteroatoms. The number of rotatable bonds is 3. The highest BCUT2D eigenvalue weighted by Crippen LogP contribution is 2.20. The van der Waals surface area contributed by atoms with Crippen molar-refractivity contribution in [1.82, 2.24) is 4.90 Å². The number of carbonyl (C=O) groups is 1. The minimum Gasteiger partial charge on any atom is -0.323 e. The van der Waals surface area contributed by atoms with Crippen molar-refractivity contribution >= 4 is 44.4 Å². The molecule has 0 aliphatic heterocycles. The van der Waals surface area contributed by atoms with Gasteiger partial charge in [-0.25, -0.2) is 0 Å². The van der Waals surface area contributed by atoms with E-state index in [4.69, 9.17) is 5.26 Å². The number of hydrogen-bond donors (Lipinski definition) is 0. The Labute approximate surface area is 123 Å². The maximum Gasteiger partial charge on any atom is 0.256 e. The molecule has 17 heavy (non-hydrogen) atoms. The van der Waals surface area contributed by atoms with E-state index in [9.17, 15) is 4.79 Å². The Morgan fingerprint density at radius 2 is 2.24 bits per heavy atom. The van der Waals surface area contributed by atoms with Gasteiger partial charge in [-0.15, -0.1) is 0 Å². The average Bonchev–Trinajstić information content (AvgIpc) is 2.28. The largest absolute Gasteiger partial charge is 0.323 e. The van der Waals surface area contributed by atoms with E-state index in [1.807, 2.05) is 32.0 Å². The molecule has 0 fully saturated rings. The Bertz CT molecular complexity index is 468. The Morgan fingerprint density at radius 1 is 1.59 bits per heavy atom. The lowest BCUT2D eigenvalue weighted by molar-refractivity contribution is 0.0730. The Hall–Kier alpha value is -0.610. The third-order valence-corrected chi connectivity index (χ3v) is 3.72. The molecule has 0 aromatic heterocycles. The number of nitriles is 1. The fraction of sp³-hybridized carbons (Fsp3) is 0.333. The summed E-state index contributed by atoms with van der Waals surface area (Å²) in [6, 6.07) is 7.59. The number of benzene rings is 1. The van der Waals surface area contributed by atoms with Crippen LogP contribution in [-0.4, -0.2) is 23.4 Å². The molecule has 0 saturated heterocycles. The lowest BCUT2D eigenvalue weighted by atomic mass is 10.1. The molecule has 1 amide bonds. The predicted molar refractivity (Wildman–Crippen MR) is 78.6 cm³/mol. The average molecular weight is 407 g/mol. The standard InChI is InChI=1S/C12H12BrIN2O/c1-8(2)16(6-5-15)12(17)10-7-9(13)3-4-11(10)14/h3-4,7-8H,6H2,1-2H3. The van der Waals surface area contributed by atoms with E-state index in [-0.39, 0.29) is 18.5 Å². The number of halogens is 2. The van der Waals surface area contributed by atoms with Gasteiger partial charge in [0.05, 0.1) is 11.6 Å². The van der Waals surface area contributed by atoms with Crippen LogP contribution in [0.4, 0.5) is 0 Å². The normalized spacial score (nSPS) is 10.1. The third kappa shape index (κ3) is 3.68. The molecule has 0 radical (unpaired) electrons. The monoisotopic (exact) mass is 406 g/mol. The fourth-order valence-corrected chi connectivity index (χ4v) is 2.31. The molecule has 0 saturated carbocycles. The van der Waals surface area contributed by atoms with Crippen molar-refractivity contribution in [3.05, 3.63) is 31.8 Å².